The zero-order valence-corrected chi connectivity index (χ0v) is 10.4. The van der Waals surface area contributed by atoms with E-state index in [0.29, 0.717) is 6.54 Å². The van der Waals surface area contributed by atoms with E-state index in [0.717, 1.165) is 44.9 Å². The number of carbonyl (C=O) groups excluding carboxylic acids is 1. The second-order valence-corrected chi connectivity index (χ2v) is 5.42. The Bertz CT molecular complexity index is 338. The SMILES string of the molecule is CCCCNC(=O)OC12CCC(C#N)(CC1)C2. The van der Waals surface area contributed by atoms with Gasteiger partial charge in [0.05, 0.1) is 11.5 Å². The molecule has 0 aromatic rings. The number of nitriles is 1. The van der Waals surface area contributed by atoms with Gasteiger partial charge in [0.15, 0.2) is 0 Å². The van der Waals surface area contributed by atoms with Crippen molar-refractivity contribution in [1.29, 1.82) is 5.26 Å². The van der Waals surface area contributed by atoms with E-state index in [2.05, 4.69) is 18.3 Å². The van der Waals surface area contributed by atoms with Gasteiger partial charge in [0.1, 0.15) is 5.60 Å². The molecule has 4 nitrogen and oxygen atoms in total. The van der Waals surface area contributed by atoms with Crippen LogP contribution < -0.4 is 5.32 Å². The molecular formula is C13H20N2O2. The van der Waals surface area contributed by atoms with Gasteiger partial charge in [0, 0.05) is 13.0 Å². The smallest absolute Gasteiger partial charge is 0.407 e. The zero-order valence-electron chi connectivity index (χ0n) is 10.4. The molecule has 0 saturated heterocycles. The lowest BCUT2D eigenvalue weighted by Crippen LogP contribution is -2.36. The van der Waals surface area contributed by atoms with Crippen LogP contribution in [0.25, 0.3) is 0 Å². The molecule has 2 bridgehead atoms. The molecule has 2 aliphatic carbocycles. The molecule has 0 heterocycles. The first-order chi connectivity index (χ1) is 8.14. The van der Waals surface area contributed by atoms with Crippen LogP contribution in [0.4, 0.5) is 4.79 Å². The number of alkyl carbamates (subject to hydrolysis) is 1. The molecule has 2 fully saturated rings. The summed E-state index contributed by atoms with van der Waals surface area (Å²) < 4.78 is 5.56. The molecule has 2 rings (SSSR count). The summed E-state index contributed by atoms with van der Waals surface area (Å²) in [6.07, 6.45) is 5.92. The number of nitrogens with zero attached hydrogens (tertiary/aromatic N) is 1. The minimum atomic E-state index is -0.341. The summed E-state index contributed by atoms with van der Waals surface area (Å²) in [5.41, 5.74) is -0.546. The lowest BCUT2D eigenvalue weighted by atomic mass is 9.86. The summed E-state index contributed by atoms with van der Waals surface area (Å²) in [5, 5.41) is 11.9. The van der Waals surface area contributed by atoms with Gasteiger partial charge in [0.2, 0.25) is 0 Å². The number of rotatable bonds is 4. The monoisotopic (exact) mass is 236 g/mol. The average Bonchev–Trinajstić information content (AvgIpc) is 2.85. The van der Waals surface area contributed by atoms with Crippen molar-refractivity contribution in [3.63, 3.8) is 0 Å². The first-order valence-electron chi connectivity index (χ1n) is 6.52. The van der Waals surface area contributed by atoms with Crippen molar-refractivity contribution in [3.05, 3.63) is 0 Å². The van der Waals surface area contributed by atoms with E-state index in [9.17, 15) is 4.79 Å². The number of ether oxygens (including phenoxy) is 1. The Hall–Kier alpha value is -1.24. The van der Waals surface area contributed by atoms with Crippen LogP contribution in [0.1, 0.15) is 51.9 Å². The second kappa shape index (κ2) is 4.56. The van der Waals surface area contributed by atoms with Crippen LogP contribution in [0, 0.1) is 16.7 Å². The quantitative estimate of drug-likeness (QED) is 0.763. The normalized spacial score (nSPS) is 34.4. The minimum absolute atomic E-state index is 0.205. The maximum atomic E-state index is 11.6. The summed E-state index contributed by atoms with van der Waals surface area (Å²) in [6, 6.07) is 2.41. The summed E-state index contributed by atoms with van der Waals surface area (Å²) >= 11 is 0. The molecule has 17 heavy (non-hydrogen) atoms. The molecule has 0 spiro atoms. The Balaban J connectivity index is 1.84. The largest absolute Gasteiger partial charge is 0.443 e. The highest BCUT2D eigenvalue weighted by molar-refractivity contribution is 5.67. The van der Waals surface area contributed by atoms with Crippen LogP contribution in [0.3, 0.4) is 0 Å². The van der Waals surface area contributed by atoms with Gasteiger partial charge in [0.25, 0.3) is 0 Å². The fourth-order valence-corrected chi connectivity index (χ4v) is 3.04. The summed E-state index contributed by atoms with van der Waals surface area (Å²) in [6.45, 7) is 2.76. The molecule has 94 valence electrons. The maximum Gasteiger partial charge on any atom is 0.407 e. The Labute approximate surface area is 102 Å². The van der Waals surface area contributed by atoms with Gasteiger partial charge < -0.3 is 10.1 Å². The Morgan fingerprint density at radius 2 is 2.12 bits per heavy atom. The third kappa shape index (κ3) is 2.38. The topological polar surface area (TPSA) is 62.1 Å². The van der Waals surface area contributed by atoms with Crippen LogP contribution >= 0.6 is 0 Å². The van der Waals surface area contributed by atoms with Crippen molar-refractivity contribution in [1.82, 2.24) is 5.32 Å². The lowest BCUT2D eigenvalue weighted by molar-refractivity contribution is 0.0192. The second-order valence-electron chi connectivity index (χ2n) is 5.42. The van der Waals surface area contributed by atoms with E-state index in [1.807, 2.05) is 0 Å². The molecule has 1 N–H and O–H groups in total. The fraction of sp³-hybridized carbons (Fsp3) is 0.846. The maximum absolute atomic E-state index is 11.6. The van der Waals surface area contributed by atoms with Crippen LogP contribution in [-0.4, -0.2) is 18.2 Å². The van der Waals surface area contributed by atoms with E-state index in [-0.39, 0.29) is 17.1 Å². The third-order valence-electron chi connectivity index (χ3n) is 4.12. The Kier molecular flexibility index (Phi) is 3.28. The summed E-state index contributed by atoms with van der Waals surface area (Å²) in [7, 11) is 0. The highest BCUT2D eigenvalue weighted by Gasteiger charge is 2.57. The van der Waals surface area contributed by atoms with Gasteiger partial charge >= 0.3 is 6.09 Å². The average molecular weight is 236 g/mol. The Morgan fingerprint density at radius 1 is 1.41 bits per heavy atom. The number of nitrogens with one attached hydrogen (secondary N) is 1. The summed E-state index contributed by atoms with van der Waals surface area (Å²) in [5.74, 6) is 0. The van der Waals surface area contributed by atoms with Gasteiger partial charge in [-0.15, -0.1) is 0 Å². The standard InChI is InChI=1S/C13H20N2O2/c1-2-3-8-15-11(16)17-13-6-4-12(9-13,10-14)5-7-13/h2-9H2,1H3,(H,15,16). The molecule has 0 aliphatic heterocycles. The van der Waals surface area contributed by atoms with Crippen LogP contribution in [0.2, 0.25) is 0 Å². The van der Waals surface area contributed by atoms with Gasteiger partial charge in [-0.3, -0.25) is 0 Å². The number of amides is 1. The predicted molar refractivity (Wildman–Crippen MR) is 63.3 cm³/mol. The number of fused-ring (bicyclic) bond motifs is 2. The zero-order chi connectivity index (χ0) is 12.4. The molecule has 4 heteroatoms. The molecule has 0 radical (unpaired) electrons. The first kappa shape index (κ1) is 12.2. The first-order valence-corrected chi connectivity index (χ1v) is 6.52. The van der Waals surface area contributed by atoms with E-state index >= 15 is 0 Å². The van der Waals surface area contributed by atoms with Gasteiger partial charge in [-0.25, -0.2) is 4.79 Å². The lowest BCUT2D eigenvalue weighted by Gasteiger charge is -2.26. The van der Waals surface area contributed by atoms with Crippen LogP contribution in [0.15, 0.2) is 0 Å². The molecular weight excluding hydrogens is 216 g/mol. The third-order valence-corrected chi connectivity index (χ3v) is 4.12. The van der Waals surface area contributed by atoms with Crippen LogP contribution in [0.5, 0.6) is 0 Å². The van der Waals surface area contributed by atoms with Gasteiger partial charge in [-0.1, -0.05) is 13.3 Å². The molecule has 0 unspecified atom stereocenters. The highest BCUT2D eigenvalue weighted by Crippen LogP contribution is 2.57. The predicted octanol–water partition coefficient (Wildman–Crippen LogP) is 2.74. The van der Waals surface area contributed by atoms with E-state index in [1.165, 1.54) is 0 Å². The number of unbranched alkanes of at least 4 members (excludes halogenated alkanes) is 1. The highest BCUT2D eigenvalue weighted by atomic mass is 16.6. The van der Waals surface area contributed by atoms with Gasteiger partial charge in [-0.05, 0) is 32.1 Å². The number of hydrogen-bond donors (Lipinski definition) is 1. The van der Waals surface area contributed by atoms with Crippen molar-refractivity contribution in [3.8, 4) is 6.07 Å². The van der Waals surface area contributed by atoms with Crippen molar-refractivity contribution >= 4 is 6.09 Å². The van der Waals surface area contributed by atoms with E-state index in [1.54, 1.807) is 0 Å². The molecule has 0 aromatic carbocycles. The van der Waals surface area contributed by atoms with E-state index < -0.39 is 0 Å². The fourth-order valence-electron chi connectivity index (χ4n) is 3.04. The van der Waals surface area contributed by atoms with Crippen molar-refractivity contribution in [2.75, 3.05) is 6.54 Å². The summed E-state index contributed by atoms with van der Waals surface area (Å²) in [4.78, 5) is 11.6. The van der Waals surface area contributed by atoms with Crippen LogP contribution in [-0.2, 0) is 4.74 Å². The van der Waals surface area contributed by atoms with E-state index in [4.69, 9.17) is 10.00 Å². The number of carbonyl (C=O) groups is 1. The molecule has 0 aromatic heterocycles. The molecule has 0 atom stereocenters. The molecule has 2 saturated carbocycles. The molecule has 2 aliphatic rings. The van der Waals surface area contributed by atoms with Crippen molar-refractivity contribution < 1.29 is 9.53 Å². The number of hydrogen-bond acceptors (Lipinski definition) is 3. The Morgan fingerprint density at radius 3 is 2.65 bits per heavy atom. The van der Waals surface area contributed by atoms with Crippen molar-refractivity contribution in [2.24, 2.45) is 5.41 Å². The minimum Gasteiger partial charge on any atom is -0.443 e. The van der Waals surface area contributed by atoms with Gasteiger partial charge in [-0.2, -0.15) is 5.26 Å². The molecule has 1 amide bonds. The van der Waals surface area contributed by atoms with Crippen molar-refractivity contribution in [2.45, 2.75) is 57.5 Å².